The molecule has 3 rings (SSSR count). The Labute approximate surface area is 130 Å². The summed E-state index contributed by atoms with van der Waals surface area (Å²) in [5.74, 6) is -0.667. The molecule has 0 saturated carbocycles. The Bertz CT molecular complexity index is 675. The molecule has 1 N–H and O–H groups in total. The number of carbonyl (C=O) groups excluding carboxylic acids is 3. The molecule has 1 atom stereocenters. The van der Waals surface area contributed by atoms with Crippen LogP contribution in [0.15, 0.2) is 12.1 Å². The lowest BCUT2D eigenvalue weighted by atomic mass is 10.0. The van der Waals surface area contributed by atoms with Crippen LogP contribution in [0.4, 0.5) is 25.4 Å². The van der Waals surface area contributed by atoms with Crippen LogP contribution in [0.5, 0.6) is 0 Å². The Morgan fingerprint density at radius 1 is 1.48 bits per heavy atom. The average Bonchev–Trinajstić information content (AvgIpc) is 2.95. The topological polar surface area (TPSA) is 94.2 Å². The quantitative estimate of drug-likeness (QED) is 0.672. The summed E-state index contributed by atoms with van der Waals surface area (Å²) in [6.45, 7) is -0.908. The third-order valence-corrected chi connectivity index (χ3v) is 3.60. The van der Waals surface area contributed by atoms with Gasteiger partial charge in [0.15, 0.2) is 0 Å². The van der Waals surface area contributed by atoms with Crippen LogP contribution in [0.1, 0.15) is 11.1 Å². The SMILES string of the molecule is COC(=O)C1CN(c2cc(CF)c3c(c2)COC(=O)N3)C(=O)O1. The molecule has 9 heteroatoms. The molecule has 0 radical (unpaired) electrons. The van der Waals surface area contributed by atoms with E-state index in [1.807, 2.05) is 0 Å². The number of amides is 2. The monoisotopic (exact) mass is 324 g/mol. The predicted octanol–water partition coefficient (Wildman–Crippen LogP) is 1.72. The first-order chi connectivity index (χ1) is 11.0. The number of benzene rings is 1. The Morgan fingerprint density at radius 3 is 2.96 bits per heavy atom. The van der Waals surface area contributed by atoms with Crippen molar-refractivity contribution in [3.8, 4) is 0 Å². The zero-order valence-electron chi connectivity index (χ0n) is 12.1. The molecule has 8 nitrogen and oxygen atoms in total. The summed E-state index contributed by atoms with van der Waals surface area (Å²) in [6.07, 6.45) is -2.43. The van der Waals surface area contributed by atoms with Crippen molar-refractivity contribution in [1.82, 2.24) is 0 Å². The van der Waals surface area contributed by atoms with Crippen molar-refractivity contribution in [1.29, 1.82) is 0 Å². The molecular weight excluding hydrogens is 311 g/mol. The Balaban J connectivity index is 1.93. The summed E-state index contributed by atoms with van der Waals surface area (Å²) in [6, 6.07) is 3.00. The lowest BCUT2D eigenvalue weighted by Crippen LogP contribution is -2.29. The molecule has 1 aromatic carbocycles. The zero-order valence-corrected chi connectivity index (χ0v) is 12.1. The van der Waals surface area contributed by atoms with Crippen molar-refractivity contribution in [3.63, 3.8) is 0 Å². The smallest absolute Gasteiger partial charge is 0.415 e. The van der Waals surface area contributed by atoms with Gasteiger partial charge in [-0.2, -0.15) is 0 Å². The summed E-state index contributed by atoms with van der Waals surface area (Å²) in [5.41, 5.74) is 1.43. The second-order valence-electron chi connectivity index (χ2n) is 4.98. The fourth-order valence-corrected chi connectivity index (χ4v) is 2.49. The second kappa shape index (κ2) is 5.75. The number of alkyl halides is 1. The van der Waals surface area contributed by atoms with E-state index in [1.165, 1.54) is 18.1 Å². The predicted molar refractivity (Wildman–Crippen MR) is 74.7 cm³/mol. The molecule has 1 fully saturated rings. The van der Waals surface area contributed by atoms with E-state index in [2.05, 4.69) is 10.1 Å². The molecule has 122 valence electrons. The van der Waals surface area contributed by atoms with Gasteiger partial charge in [-0.1, -0.05) is 0 Å². The molecule has 0 aromatic heterocycles. The second-order valence-corrected chi connectivity index (χ2v) is 4.98. The molecule has 2 aliphatic heterocycles. The van der Waals surface area contributed by atoms with E-state index < -0.39 is 30.9 Å². The third-order valence-electron chi connectivity index (χ3n) is 3.60. The van der Waals surface area contributed by atoms with E-state index in [4.69, 9.17) is 9.47 Å². The number of anilines is 2. The van der Waals surface area contributed by atoms with Gasteiger partial charge in [-0.05, 0) is 12.1 Å². The number of cyclic esters (lactones) is 2. The van der Waals surface area contributed by atoms with Crippen LogP contribution >= 0.6 is 0 Å². The first-order valence-corrected chi connectivity index (χ1v) is 6.75. The van der Waals surface area contributed by atoms with Gasteiger partial charge in [0, 0.05) is 16.8 Å². The molecule has 0 spiro atoms. The lowest BCUT2D eigenvalue weighted by molar-refractivity contribution is -0.148. The fraction of sp³-hybridized carbons (Fsp3) is 0.357. The highest BCUT2D eigenvalue weighted by molar-refractivity contribution is 5.96. The average molecular weight is 324 g/mol. The van der Waals surface area contributed by atoms with Gasteiger partial charge in [-0.25, -0.2) is 18.8 Å². The minimum atomic E-state index is -1.03. The van der Waals surface area contributed by atoms with Crippen LogP contribution in [-0.2, 0) is 32.3 Å². The van der Waals surface area contributed by atoms with Gasteiger partial charge in [0.05, 0.1) is 19.3 Å². The van der Waals surface area contributed by atoms with Crippen molar-refractivity contribution < 1.29 is 33.0 Å². The number of halogens is 1. The minimum absolute atomic E-state index is 0.0364. The molecular formula is C14H13FN2O6. The highest BCUT2D eigenvalue weighted by atomic mass is 19.1. The number of hydrogen-bond acceptors (Lipinski definition) is 6. The molecule has 1 saturated heterocycles. The highest BCUT2D eigenvalue weighted by Crippen LogP contribution is 2.33. The number of ether oxygens (including phenoxy) is 3. The molecule has 0 bridgehead atoms. The van der Waals surface area contributed by atoms with Gasteiger partial charge in [0.25, 0.3) is 0 Å². The van der Waals surface area contributed by atoms with E-state index >= 15 is 0 Å². The van der Waals surface area contributed by atoms with Crippen molar-refractivity contribution in [2.24, 2.45) is 0 Å². The van der Waals surface area contributed by atoms with Gasteiger partial charge in [-0.3, -0.25) is 10.2 Å². The first kappa shape index (κ1) is 15.1. The Morgan fingerprint density at radius 2 is 2.26 bits per heavy atom. The van der Waals surface area contributed by atoms with E-state index in [9.17, 15) is 18.8 Å². The molecule has 23 heavy (non-hydrogen) atoms. The summed E-state index contributed by atoms with van der Waals surface area (Å²) in [5, 5.41) is 2.43. The molecule has 1 unspecified atom stereocenters. The number of nitrogens with zero attached hydrogens (tertiary/aromatic N) is 1. The van der Waals surface area contributed by atoms with Crippen LogP contribution in [0.25, 0.3) is 0 Å². The number of esters is 1. The first-order valence-electron chi connectivity index (χ1n) is 6.75. The standard InChI is InChI=1S/C14H13FN2O6/c1-21-12(18)10-5-17(14(20)23-10)9-2-7(4-15)11-8(3-9)6-22-13(19)16-11/h2-3,10H,4-6H2,1H3,(H,16,19). The van der Waals surface area contributed by atoms with E-state index in [-0.39, 0.29) is 18.7 Å². The van der Waals surface area contributed by atoms with Crippen molar-refractivity contribution in [2.45, 2.75) is 19.4 Å². The Kier molecular flexibility index (Phi) is 3.77. The molecule has 2 aliphatic rings. The van der Waals surface area contributed by atoms with Gasteiger partial charge in [0.1, 0.15) is 13.3 Å². The van der Waals surface area contributed by atoms with E-state index in [0.29, 0.717) is 16.9 Å². The largest absolute Gasteiger partial charge is 0.466 e. The van der Waals surface area contributed by atoms with E-state index in [0.717, 1.165) is 0 Å². The molecule has 2 amide bonds. The van der Waals surface area contributed by atoms with Gasteiger partial charge in [0.2, 0.25) is 6.10 Å². The molecule has 1 aromatic rings. The normalized spacial score (nSPS) is 19.6. The van der Waals surface area contributed by atoms with Gasteiger partial charge >= 0.3 is 18.2 Å². The number of rotatable bonds is 3. The van der Waals surface area contributed by atoms with Crippen LogP contribution in [0, 0.1) is 0 Å². The number of hydrogen-bond donors (Lipinski definition) is 1. The number of methoxy groups -OCH3 is 1. The number of fused-ring (bicyclic) bond motifs is 1. The maximum atomic E-state index is 13.3. The van der Waals surface area contributed by atoms with Crippen LogP contribution in [0.2, 0.25) is 0 Å². The number of nitrogens with one attached hydrogen (secondary N) is 1. The third kappa shape index (κ3) is 2.65. The zero-order chi connectivity index (χ0) is 16.6. The number of carbonyl (C=O) groups is 3. The summed E-state index contributed by atoms with van der Waals surface area (Å²) < 4.78 is 27.6. The Hall–Kier alpha value is -2.84. The van der Waals surface area contributed by atoms with Crippen LogP contribution < -0.4 is 10.2 Å². The highest BCUT2D eigenvalue weighted by Gasteiger charge is 2.38. The van der Waals surface area contributed by atoms with Gasteiger partial charge < -0.3 is 14.2 Å². The van der Waals surface area contributed by atoms with Crippen molar-refractivity contribution >= 4 is 29.5 Å². The van der Waals surface area contributed by atoms with Crippen LogP contribution in [0.3, 0.4) is 0 Å². The van der Waals surface area contributed by atoms with Crippen LogP contribution in [-0.4, -0.2) is 37.9 Å². The fourth-order valence-electron chi connectivity index (χ4n) is 2.49. The molecule has 0 aliphatic carbocycles. The minimum Gasteiger partial charge on any atom is -0.466 e. The van der Waals surface area contributed by atoms with Gasteiger partial charge in [-0.15, -0.1) is 0 Å². The summed E-state index contributed by atoms with van der Waals surface area (Å²) in [7, 11) is 1.19. The maximum absolute atomic E-state index is 13.3. The lowest BCUT2D eigenvalue weighted by Gasteiger charge is -2.23. The van der Waals surface area contributed by atoms with E-state index in [1.54, 1.807) is 6.07 Å². The summed E-state index contributed by atoms with van der Waals surface area (Å²) >= 11 is 0. The van der Waals surface area contributed by atoms with Crippen molar-refractivity contribution in [3.05, 3.63) is 23.3 Å². The maximum Gasteiger partial charge on any atom is 0.415 e. The molecule has 2 heterocycles. The summed E-state index contributed by atoms with van der Waals surface area (Å²) in [4.78, 5) is 35.9. The van der Waals surface area contributed by atoms with Crippen molar-refractivity contribution in [2.75, 3.05) is 23.9 Å².